The molecule has 0 aromatic rings. The maximum Gasteiger partial charge on any atom is 0.379 e. The van der Waals surface area contributed by atoms with Crippen molar-refractivity contribution in [3.8, 4) is 0 Å². The van der Waals surface area contributed by atoms with Crippen LogP contribution in [0, 0.1) is 0 Å². The summed E-state index contributed by atoms with van der Waals surface area (Å²) in [5.74, 6) is -0.799. The van der Waals surface area contributed by atoms with Gasteiger partial charge in [0.2, 0.25) is 6.17 Å². The monoisotopic (exact) mass is 218 g/mol. The number of carbonyl (C=O) groups is 1. The fraction of sp³-hybridized carbons (Fsp3) is 0.900. The third-order valence-electron chi connectivity index (χ3n) is 2.13. The standard InChI is InChI=1S/C10H23N3O2/c1-12(2)8-6-7-11-9(10(14)15)13(3,4)5/h9,11H,6-8H2,1-5H3/p+1. The highest BCUT2D eigenvalue weighted by Gasteiger charge is 2.30. The molecule has 0 spiro atoms. The van der Waals surface area contributed by atoms with Crippen LogP contribution >= 0.6 is 0 Å². The molecule has 0 saturated heterocycles. The molecule has 1 atom stereocenters. The molecule has 1 unspecified atom stereocenters. The van der Waals surface area contributed by atoms with Crippen LogP contribution in [0.3, 0.4) is 0 Å². The topological polar surface area (TPSA) is 52.6 Å². The minimum Gasteiger partial charge on any atom is -0.476 e. The molecule has 0 aliphatic heterocycles. The van der Waals surface area contributed by atoms with Crippen molar-refractivity contribution in [2.75, 3.05) is 48.3 Å². The normalized spacial score (nSPS) is 14.3. The Morgan fingerprint density at radius 3 is 2.27 bits per heavy atom. The molecule has 0 radical (unpaired) electrons. The van der Waals surface area contributed by atoms with E-state index in [0.29, 0.717) is 4.48 Å². The van der Waals surface area contributed by atoms with Gasteiger partial charge in [-0.15, -0.1) is 0 Å². The van der Waals surface area contributed by atoms with Crippen LogP contribution in [0.15, 0.2) is 0 Å². The van der Waals surface area contributed by atoms with Crippen molar-refractivity contribution >= 4 is 5.97 Å². The Bertz CT molecular complexity index is 199. The summed E-state index contributed by atoms with van der Waals surface area (Å²) in [7, 11) is 9.64. The molecule has 0 heterocycles. The molecule has 0 fully saturated rings. The number of likely N-dealkylation sites (N-methyl/N-ethyl adjacent to an activating group) is 1. The number of rotatable bonds is 7. The number of nitrogens with zero attached hydrogens (tertiary/aromatic N) is 2. The summed E-state index contributed by atoms with van der Waals surface area (Å²) in [5.41, 5.74) is 0. The van der Waals surface area contributed by atoms with Crippen molar-refractivity contribution in [2.45, 2.75) is 12.6 Å². The first-order valence-corrected chi connectivity index (χ1v) is 5.17. The van der Waals surface area contributed by atoms with Crippen LogP contribution in [0.1, 0.15) is 6.42 Å². The van der Waals surface area contributed by atoms with Gasteiger partial charge in [-0.3, -0.25) is 5.32 Å². The molecular weight excluding hydrogens is 194 g/mol. The molecule has 0 saturated carbocycles. The van der Waals surface area contributed by atoms with Crippen LogP contribution in [-0.2, 0) is 4.79 Å². The Balaban J connectivity index is 3.94. The zero-order chi connectivity index (χ0) is 12.1. The summed E-state index contributed by atoms with van der Waals surface area (Å²) >= 11 is 0. The van der Waals surface area contributed by atoms with Gasteiger partial charge in [-0.2, -0.15) is 0 Å². The molecule has 0 aliphatic rings. The molecule has 5 nitrogen and oxygen atoms in total. The second kappa shape index (κ2) is 6.05. The molecule has 15 heavy (non-hydrogen) atoms. The summed E-state index contributed by atoms with van der Waals surface area (Å²) in [6.07, 6.45) is 0.420. The SMILES string of the molecule is CN(C)CCCNC(C(=O)O)[N+](C)(C)C. The second-order valence-electron chi connectivity index (χ2n) is 4.97. The zero-order valence-corrected chi connectivity index (χ0v) is 10.4. The van der Waals surface area contributed by atoms with Crippen LogP contribution in [0.2, 0.25) is 0 Å². The van der Waals surface area contributed by atoms with E-state index in [-0.39, 0.29) is 0 Å². The van der Waals surface area contributed by atoms with Crippen LogP contribution in [0.4, 0.5) is 0 Å². The van der Waals surface area contributed by atoms with Crippen molar-refractivity contribution in [3.63, 3.8) is 0 Å². The third kappa shape index (κ3) is 6.43. The van der Waals surface area contributed by atoms with Crippen molar-refractivity contribution in [2.24, 2.45) is 0 Å². The van der Waals surface area contributed by atoms with E-state index in [1.54, 1.807) is 0 Å². The number of hydrogen-bond donors (Lipinski definition) is 2. The van der Waals surface area contributed by atoms with E-state index in [2.05, 4.69) is 10.2 Å². The van der Waals surface area contributed by atoms with Gasteiger partial charge in [-0.05, 0) is 27.1 Å². The van der Waals surface area contributed by atoms with Gasteiger partial charge in [0.05, 0.1) is 21.1 Å². The van der Waals surface area contributed by atoms with E-state index < -0.39 is 12.1 Å². The molecule has 2 N–H and O–H groups in total. The average Bonchev–Trinajstić information content (AvgIpc) is 1.99. The Kier molecular flexibility index (Phi) is 5.79. The molecule has 0 aromatic carbocycles. The zero-order valence-electron chi connectivity index (χ0n) is 10.4. The van der Waals surface area contributed by atoms with Gasteiger partial charge in [0.15, 0.2) is 0 Å². The summed E-state index contributed by atoms with van der Waals surface area (Å²) in [5, 5.41) is 12.1. The molecule has 0 aromatic heterocycles. The summed E-state index contributed by atoms with van der Waals surface area (Å²) < 4.78 is 0.386. The maximum atomic E-state index is 11.0. The molecule has 0 amide bonds. The number of hydrogen-bond acceptors (Lipinski definition) is 3. The first-order chi connectivity index (χ1) is 6.75. The maximum absolute atomic E-state index is 11.0. The smallest absolute Gasteiger partial charge is 0.379 e. The van der Waals surface area contributed by atoms with E-state index >= 15 is 0 Å². The highest BCUT2D eigenvalue weighted by molar-refractivity contribution is 5.71. The number of carboxylic acids is 1. The first kappa shape index (κ1) is 14.3. The van der Waals surface area contributed by atoms with Gasteiger partial charge in [-0.25, -0.2) is 4.79 Å². The van der Waals surface area contributed by atoms with E-state index in [9.17, 15) is 4.79 Å². The van der Waals surface area contributed by atoms with Crippen LogP contribution < -0.4 is 5.32 Å². The fourth-order valence-electron chi connectivity index (χ4n) is 1.33. The van der Waals surface area contributed by atoms with Crippen molar-refractivity contribution in [1.82, 2.24) is 10.2 Å². The van der Waals surface area contributed by atoms with Crippen molar-refractivity contribution in [1.29, 1.82) is 0 Å². The van der Waals surface area contributed by atoms with Gasteiger partial charge in [0, 0.05) is 6.54 Å². The number of aliphatic carboxylic acids is 1. The fourth-order valence-corrected chi connectivity index (χ4v) is 1.33. The average molecular weight is 218 g/mol. The molecule has 0 rings (SSSR count). The summed E-state index contributed by atoms with van der Waals surface area (Å²) in [6.45, 7) is 1.70. The molecular formula is C10H24N3O2+. The van der Waals surface area contributed by atoms with Gasteiger partial charge < -0.3 is 14.5 Å². The first-order valence-electron chi connectivity index (χ1n) is 5.17. The van der Waals surface area contributed by atoms with Gasteiger partial charge in [0.25, 0.3) is 0 Å². The van der Waals surface area contributed by atoms with Crippen molar-refractivity contribution < 1.29 is 14.4 Å². The van der Waals surface area contributed by atoms with Gasteiger partial charge in [0.1, 0.15) is 0 Å². The lowest BCUT2D eigenvalue weighted by Gasteiger charge is -2.31. The lowest BCUT2D eigenvalue weighted by atomic mass is 10.3. The summed E-state index contributed by atoms with van der Waals surface area (Å²) in [6, 6.07) is 0. The number of quaternary nitrogens is 1. The predicted octanol–water partition coefficient (Wildman–Crippen LogP) is -0.355. The minimum atomic E-state index is -0.799. The van der Waals surface area contributed by atoms with Crippen LogP contribution in [-0.4, -0.2) is 75.0 Å². The minimum absolute atomic E-state index is 0.386. The Labute approximate surface area is 92.3 Å². The summed E-state index contributed by atoms with van der Waals surface area (Å²) in [4.78, 5) is 13.1. The quantitative estimate of drug-likeness (QED) is 0.348. The Morgan fingerprint density at radius 1 is 1.40 bits per heavy atom. The lowest BCUT2D eigenvalue weighted by molar-refractivity contribution is -0.890. The predicted molar refractivity (Wildman–Crippen MR) is 60.6 cm³/mol. The van der Waals surface area contributed by atoms with E-state index in [1.807, 2.05) is 35.2 Å². The van der Waals surface area contributed by atoms with Crippen LogP contribution in [0.5, 0.6) is 0 Å². The highest BCUT2D eigenvalue weighted by Crippen LogP contribution is 1.99. The third-order valence-corrected chi connectivity index (χ3v) is 2.13. The van der Waals surface area contributed by atoms with Crippen molar-refractivity contribution in [3.05, 3.63) is 0 Å². The number of nitrogens with one attached hydrogen (secondary N) is 1. The molecule has 0 aliphatic carbocycles. The van der Waals surface area contributed by atoms with E-state index in [4.69, 9.17) is 5.11 Å². The molecule has 90 valence electrons. The van der Waals surface area contributed by atoms with Gasteiger partial charge >= 0.3 is 5.97 Å². The Morgan fingerprint density at radius 2 is 1.93 bits per heavy atom. The second-order valence-corrected chi connectivity index (χ2v) is 4.97. The highest BCUT2D eigenvalue weighted by atomic mass is 16.4. The van der Waals surface area contributed by atoms with E-state index in [0.717, 1.165) is 19.5 Å². The van der Waals surface area contributed by atoms with Gasteiger partial charge in [-0.1, -0.05) is 0 Å². The van der Waals surface area contributed by atoms with Crippen LogP contribution in [0.25, 0.3) is 0 Å². The largest absolute Gasteiger partial charge is 0.476 e. The Hall–Kier alpha value is -0.650. The molecule has 5 heteroatoms. The lowest BCUT2D eigenvalue weighted by Crippen LogP contribution is -2.58. The van der Waals surface area contributed by atoms with E-state index in [1.165, 1.54) is 0 Å². The number of carboxylic acid groups (broad SMARTS) is 1. The molecule has 0 bridgehead atoms.